The van der Waals surface area contributed by atoms with E-state index in [-0.39, 0.29) is 36.6 Å². The lowest BCUT2D eigenvalue weighted by molar-refractivity contribution is 0.0672. The molecule has 1 fully saturated rings. The highest BCUT2D eigenvalue weighted by molar-refractivity contribution is 14.0. The average Bonchev–Trinajstić information content (AvgIpc) is 3.20. The van der Waals surface area contributed by atoms with Crippen LogP contribution in [0.2, 0.25) is 0 Å². The van der Waals surface area contributed by atoms with Gasteiger partial charge in [-0.2, -0.15) is 0 Å². The van der Waals surface area contributed by atoms with E-state index in [2.05, 4.69) is 39.9 Å². The van der Waals surface area contributed by atoms with Crippen LogP contribution in [0.25, 0.3) is 0 Å². The molecule has 0 amide bonds. The number of nitrogens with one attached hydrogen (secondary N) is 2. The van der Waals surface area contributed by atoms with Gasteiger partial charge in [-0.3, -0.25) is 0 Å². The van der Waals surface area contributed by atoms with Crippen LogP contribution >= 0.6 is 24.0 Å². The second-order valence-corrected chi connectivity index (χ2v) is 7.47. The summed E-state index contributed by atoms with van der Waals surface area (Å²) in [5.41, 5.74) is 1.08. The van der Waals surface area contributed by atoms with Crippen molar-refractivity contribution in [1.29, 1.82) is 0 Å². The second kappa shape index (κ2) is 11.5. The number of nitrogens with zero attached hydrogens (tertiary/aromatic N) is 1. The maximum Gasteiger partial charge on any atom is 0.191 e. The Morgan fingerprint density at radius 3 is 2.41 bits per heavy atom. The van der Waals surface area contributed by atoms with Gasteiger partial charge in [0, 0.05) is 25.6 Å². The lowest BCUT2D eigenvalue weighted by atomic mass is 9.95. The Labute approximate surface area is 191 Å². The minimum absolute atomic E-state index is 0. The highest BCUT2D eigenvalue weighted by Crippen LogP contribution is 2.33. The van der Waals surface area contributed by atoms with Crippen LogP contribution in [0.3, 0.4) is 0 Å². The summed E-state index contributed by atoms with van der Waals surface area (Å²) in [5, 5.41) is 17.5. The number of ether oxygens (including phenoxy) is 1. The molecule has 3 rings (SSSR count). The molecule has 1 saturated heterocycles. The fourth-order valence-electron chi connectivity index (χ4n) is 3.55. The molecule has 3 N–H and O–H groups in total. The molecule has 5 nitrogen and oxygen atoms in total. The molecule has 1 aliphatic rings. The van der Waals surface area contributed by atoms with Gasteiger partial charge in [0.15, 0.2) is 5.96 Å². The summed E-state index contributed by atoms with van der Waals surface area (Å²) in [6, 6.07) is 20.0. The van der Waals surface area contributed by atoms with Crippen molar-refractivity contribution in [1.82, 2.24) is 10.6 Å². The quantitative estimate of drug-likeness (QED) is 0.302. The molecule has 3 atom stereocenters. The minimum Gasteiger partial charge on any atom is -0.384 e. The zero-order valence-electron chi connectivity index (χ0n) is 17.2. The maximum absolute atomic E-state index is 10.8. The first kappa shape index (κ1) is 23.6. The van der Waals surface area contributed by atoms with E-state index in [1.807, 2.05) is 43.3 Å². The first-order valence-electron chi connectivity index (χ1n) is 10.1. The van der Waals surface area contributed by atoms with Gasteiger partial charge in [0.25, 0.3) is 0 Å². The smallest absolute Gasteiger partial charge is 0.191 e. The van der Waals surface area contributed by atoms with Crippen molar-refractivity contribution >= 4 is 29.9 Å². The van der Waals surface area contributed by atoms with Crippen molar-refractivity contribution in [3.8, 4) is 0 Å². The number of rotatable bonds is 7. The summed E-state index contributed by atoms with van der Waals surface area (Å²) in [4.78, 5) is 4.62. The van der Waals surface area contributed by atoms with Crippen LogP contribution in [0.4, 0.5) is 0 Å². The molecule has 0 spiro atoms. The van der Waals surface area contributed by atoms with E-state index in [1.54, 1.807) is 6.92 Å². The maximum atomic E-state index is 10.8. The van der Waals surface area contributed by atoms with Gasteiger partial charge >= 0.3 is 0 Å². The standard InChI is InChI=1S/C23H31N3O2.HI/c1-3-24-22(26-17-23(2,27)20-12-8-5-9-13-20)25-16-19-14-15-28-21(19)18-10-6-4-7-11-18;/h4-13,19,21,27H,3,14-17H2,1-2H3,(H2,24,25,26);1H. The third-order valence-electron chi connectivity index (χ3n) is 5.16. The molecule has 6 heteroatoms. The van der Waals surface area contributed by atoms with Crippen LogP contribution in [0.15, 0.2) is 65.7 Å². The van der Waals surface area contributed by atoms with Crippen LogP contribution in [0, 0.1) is 5.92 Å². The zero-order valence-corrected chi connectivity index (χ0v) is 19.5. The molecule has 0 aliphatic carbocycles. The number of guanidine groups is 1. The fraction of sp³-hybridized carbons (Fsp3) is 0.435. The Bertz CT molecular complexity index is 753. The molecule has 0 bridgehead atoms. The molecule has 0 saturated carbocycles. The zero-order chi connectivity index (χ0) is 19.8. The van der Waals surface area contributed by atoms with Crippen molar-refractivity contribution in [2.75, 3.05) is 26.2 Å². The first-order valence-corrected chi connectivity index (χ1v) is 10.1. The van der Waals surface area contributed by atoms with Crippen LogP contribution in [-0.2, 0) is 10.3 Å². The Kier molecular flexibility index (Phi) is 9.39. The van der Waals surface area contributed by atoms with Crippen molar-refractivity contribution < 1.29 is 9.84 Å². The minimum atomic E-state index is -1.01. The SMILES string of the molecule is CCNC(=NCC(C)(O)c1ccccc1)NCC1CCOC1c1ccccc1.I. The molecular formula is C23H32IN3O2. The summed E-state index contributed by atoms with van der Waals surface area (Å²) in [7, 11) is 0. The van der Waals surface area contributed by atoms with Crippen molar-refractivity contribution in [2.24, 2.45) is 10.9 Å². The van der Waals surface area contributed by atoms with Crippen LogP contribution in [0.5, 0.6) is 0 Å². The number of hydrogen-bond acceptors (Lipinski definition) is 3. The molecular weight excluding hydrogens is 477 g/mol. The summed E-state index contributed by atoms with van der Waals surface area (Å²) in [5.74, 6) is 1.11. The van der Waals surface area contributed by atoms with Gasteiger partial charge < -0.3 is 20.5 Å². The Morgan fingerprint density at radius 2 is 1.76 bits per heavy atom. The molecule has 158 valence electrons. The van der Waals surface area contributed by atoms with Gasteiger partial charge in [-0.05, 0) is 31.4 Å². The third kappa shape index (κ3) is 6.69. The highest BCUT2D eigenvalue weighted by Gasteiger charge is 2.29. The Balaban J connectivity index is 0.00000300. The van der Waals surface area contributed by atoms with E-state index in [9.17, 15) is 5.11 Å². The van der Waals surface area contributed by atoms with Crippen LogP contribution in [-0.4, -0.2) is 37.3 Å². The number of aliphatic hydroxyl groups is 1. The predicted molar refractivity (Wildman–Crippen MR) is 129 cm³/mol. The van der Waals surface area contributed by atoms with E-state index in [1.165, 1.54) is 5.56 Å². The molecule has 3 unspecified atom stereocenters. The molecule has 29 heavy (non-hydrogen) atoms. The first-order chi connectivity index (χ1) is 13.6. The Morgan fingerprint density at radius 1 is 1.10 bits per heavy atom. The normalized spacial score (nSPS) is 21.1. The lowest BCUT2D eigenvalue weighted by Gasteiger charge is -2.24. The molecule has 1 heterocycles. The van der Waals surface area contributed by atoms with Crippen molar-refractivity contribution in [3.05, 3.63) is 71.8 Å². The second-order valence-electron chi connectivity index (χ2n) is 7.47. The number of halogens is 1. The Hall–Kier alpha value is -1.64. The van der Waals surface area contributed by atoms with Gasteiger partial charge in [-0.15, -0.1) is 24.0 Å². The number of benzene rings is 2. The van der Waals surface area contributed by atoms with Crippen LogP contribution < -0.4 is 10.6 Å². The summed E-state index contributed by atoms with van der Waals surface area (Å²) in [6.45, 7) is 6.45. The summed E-state index contributed by atoms with van der Waals surface area (Å²) >= 11 is 0. The fourth-order valence-corrected chi connectivity index (χ4v) is 3.55. The average molecular weight is 509 g/mol. The predicted octanol–water partition coefficient (Wildman–Crippen LogP) is 3.85. The monoisotopic (exact) mass is 509 g/mol. The number of aliphatic imine (C=N–C) groups is 1. The van der Waals surface area contributed by atoms with Crippen LogP contribution in [0.1, 0.15) is 37.5 Å². The summed E-state index contributed by atoms with van der Waals surface area (Å²) < 4.78 is 5.98. The van der Waals surface area contributed by atoms with Gasteiger partial charge in [0.1, 0.15) is 5.60 Å². The van der Waals surface area contributed by atoms with E-state index in [0.29, 0.717) is 5.92 Å². The molecule has 2 aromatic rings. The highest BCUT2D eigenvalue weighted by atomic mass is 127. The van der Waals surface area contributed by atoms with E-state index >= 15 is 0 Å². The molecule has 1 aliphatic heterocycles. The van der Waals surface area contributed by atoms with Gasteiger partial charge in [-0.1, -0.05) is 60.7 Å². The van der Waals surface area contributed by atoms with E-state index < -0.39 is 5.60 Å². The van der Waals surface area contributed by atoms with Gasteiger partial charge in [0.05, 0.1) is 12.6 Å². The topological polar surface area (TPSA) is 65.9 Å². The van der Waals surface area contributed by atoms with Crippen molar-refractivity contribution in [2.45, 2.75) is 32.0 Å². The largest absolute Gasteiger partial charge is 0.384 e. The molecule has 0 aromatic heterocycles. The van der Waals surface area contributed by atoms with E-state index in [0.717, 1.165) is 37.6 Å². The van der Waals surface area contributed by atoms with Crippen molar-refractivity contribution in [3.63, 3.8) is 0 Å². The van der Waals surface area contributed by atoms with E-state index in [4.69, 9.17) is 4.74 Å². The molecule has 2 aromatic carbocycles. The third-order valence-corrected chi connectivity index (χ3v) is 5.16. The summed E-state index contributed by atoms with van der Waals surface area (Å²) in [6.07, 6.45) is 1.14. The van der Waals surface area contributed by atoms with Gasteiger partial charge in [-0.25, -0.2) is 4.99 Å². The molecule has 0 radical (unpaired) electrons. The van der Waals surface area contributed by atoms with Gasteiger partial charge in [0.2, 0.25) is 0 Å². The number of hydrogen-bond donors (Lipinski definition) is 3. The lowest BCUT2D eigenvalue weighted by Crippen LogP contribution is -2.41.